The largest absolute Gasteiger partial charge is 0.475 e. The molecule has 0 unspecified atom stereocenters. The van der Waals surface area contributed by atoms with Crippen molar-refractivity contribution in [1.82, 2.24) is 9.97 Å². The highest BCUT2D eigenvalue weighted by molar-refractivity contribution is 6.28. The van der Waals surface area contributed by atoms with Crippen molar-refractivity contribution in [2.45, 2.75) is 19.0 Å². The van der Waals surface area contributed by atoms with E-state index in [0.29, 0.717) is 0 Å². The van der Waals surface area contributed by atoms with E-state index in [4.69, 9.17) is 16.3 Å². The van der Waals surface area contributed by atoms with Crippen LogP contribution in [0, 0.1) is 5.82 Å². The average Bonchev–Trinajstić information content (AvgIpc) is 2.16. The first-order valence-corrected chi connectivity index (χ1v) is 4.64. The van der Waals surface area contributed by atoms with Crippen LogP contribution in [-0.2, 0) is 0 Å². The molecule has 0 aromatic carbocycles. The monoisotopic (exact) mass is 258 g/mol. The number of hydrogen-bond acceptors (Lipinski definition) is 3. The summed E-state index contributed by atoms with van der Waals surface area (Å²) in [4.78, 5) is 6.71. The zero-order valence-corrected chi connectivity index (χ0v) is 8.65. The molecule has 1 rings (SSSR count). The number of halogens is 5. The van der Waals surface area contributed by atoms with Crippen LogP contribution in [0.2, 0.25) is 5.28 Å². The average molecular weight is 259 g/mol. The van der Waals surface area contributed by atoms with E-state index < -0.39 is 24.3 Å². The Morgan fingerprint density at radius 1 is 1.38 bits per heavy atom. The Balaban J connectivity index is 2.40. The number of aromatic nitrogens is 2. The summed E-state index contributed by atoms with van der Waals surface area (Å²) in [5, 5.41) is -0.229. The highest BCUT2D eigenvalue weighted by Gasteiger charge is 2.26. The van der Waals surface area contributed by atoms with E-state index in [2.05, 4.69) is 9.97 Å². The van der Waals surface area contributed by atoms with Crippen LogP contribution in [0.3, 0.4) is 0 Å². The summed E-state index contributed by atoms with van der Waals surface area (Å²) in [6, 6.07) is 0. The maximum atomic E-state index is 12.9. The van der Waals surface area contributed by atoms with Crippen molar-refractivity contribution in [1.29, 1.82) is 0 Å². The van der Waals surface area contributed by atoms with Gasteiger partial charge in [-0.15, -0.1) is 0 Å². The van der Waals surface area contributed by atoms with E-state index in [-0.39, 0.29) is 18.3 Å². The summed E-state index contributed by atoms with van der Waals surface area (Å²) in [5.41, 5.74) is 0. The molecule has 0 aliphatic rings. The van der Waals surface area contributed by atoms with Gasteiger partial charge in [0.15, 0.2) is 0 Å². The number of alkyl halides is 3. The molecule has 0 saturated heterocycles. The minimum absolute atomic E-state index is 0.229. The second-order valence-corrected chi connectivity index (χ2v) is 3.20. The van der Waals surface area contributed by atoms with Crippen LogP contribution in [0.1, 0.15) is 12.8 Å². The Bertz CT molecular complexity index is 358. The number of nitrogens with zero attached hydrogens (tertiary/aromatic N) is 2. The zero-order chi connectivity index (χ0) is 12.2. The number of rotatable bonds is 4. The quantitative estimate of drug-likeness (QED) is 0.473. The first-order valence-electron chi connectivity index (χ1n) is 4.26. The van der Waals surface area contributed by atoms with Crippen LogP contribution >= 0.6 is 11.6 Å². The second-order valence-electron chi connectivity index (χ2n) is 2.86. The Kier molecular flexibility index (Phi) is 4.28. The van der Waals surface area contributed by atoms with Gasteiger partial charge in [-0.2, -0.15) is 22.5 Å². The van der Waals surface area contributed by atoms with Gasteiger partial charge in [-0.05, 0) is 18.0 Å². The molecule has 0 aliphatic heterocycles. The fourth-order valence-electron chi connectivity index (χ4n) is 0.874. The first-order chi connectivity index (χ1) is 7.38. The Hall–Kier alpha value is -1.11. The topological polar surface area (TPSA) is 35.0 Å². The maximum Gasteiger partial charge on any atom is 0.389 e. The molecule has 90 valence electrons. The van der Waals surface area contributed by atoms with Crippen molar-refractivity contribution in [3.63, 3.8) is 0 Å². The fourth-order valence-corrected chi connectivity index (χ4v) is 0.999. The third-order valence-electron chi connectivity index (χ3n) is 1.53. The van der Waals surface area contributed by atoms with Crippen molar-refractivity contribution in [2.24, 2.45) is 0 Å². The minimum Gasteiger partial charge on any atom is -0.475 e. The lowest BCUT2D eigenvalue weighted by Crippen LogP contribution is -2.10. The zero-order valence-electron chi connectivity index (χ0n) is 7.89. The van der Waals surface area contributed by atoms with Gasteiger partial charge in [0, 0.05) is 6.42 Å². The molecule has 0 spiro atoms. The van der Waals surface area contributed by atoms with Crippen molar-refractivity contribution in [3.05, 3.63) is 17.3 Å². The number of hydrogen-bond donors (Lipinski definition) is 0. The summed E-state index contributed by atoms with van der Waals surface area (Å²) in [7, 11) is 0. The lowest BCUT2D eigenvalue weighted by atomic mass is 10.3. The molecular formula is C8H7ClF4N2O. The van der Waals surface area contributed by atoms with Crippen molar-refractivity contribution in [2.75, 3.05) is 6.61 Å². The van der Waals surface area contributed by atoms with Gasteiger partial charge in [0.05, 0.1) is 12.8 Å². The van der Waals surface area contributed by atoms with Crippen molar-refractivity contribution in [3.8, 4) is 5.88 Å². The van der Waals surface area contributed by atoms with E-state index in [1.54, 1.807) is 0 Å². The molecule has 8 heteroatoms. The Labute approximate surface area is 93.4 Å². The van der Waals surface area contributed by atoms with Crippen LogP contribution in [0.15, 0.2) is 6.20 Å². The summed E-state index contributed by atoms with van der Waals surface area (Å²) in [6.07, 6.45) is -4.72. The molecule has 1 heterocycles. The molecule has 1 aromatic rings. The van der Waals surface area contributed by atoms with Gasteiger partial charge in [0.1, 0.15) is 0 Å². The lowest BCUT2D eigenvalue weighted by molar-refractivity contribution is -0.136. The van der Waals surface area contributed by atoms with Crippen LogP contribution in [0.4, 0.5) is 17.6 Å². The molecular weight excluding hydrogens is 252 g/mol. The van der Waals surface area contributed by atoms with Crippen LogP contribution in [0.25, 0.3) is 0 Å². The Morgan fingerprint density at radius 3 is 2.69 bits per heavy atom. The SMILES string of the molecule is Fc1cnc(Cl)nc1OCCCC(F)(F)F. The normalized spacial score (nSPS) is 11.6. The smallest absolute Gasteiger partial charge is 0.389 e. The predicted octanol–water partition coefficient (Wildman–Crippen LogP) is 2.99. The van der Waals surface area contributed by atoms with E-state index >= 15 is 0 Å². The van der Waals surface area contributed by atoms with Crippen molar-refractivity contribution >= 4 is 11.6 Å². The van der Waals surface area contributed by atoms with Gasteiger partial charge >= 0.3 is 6.18 Å². The highest BCUT2D eigenvalue weighted by atomic mass is 35.5. The van der Waals surface area contributed by atoms with Crippen molar-refractivity contribution < 1.29 is 22.3 Å². The molecule has 0 amide bonds. The molecule has 0 atom stereocenters. The van der Waals surface area contributed by atoms with Gasteiger partial charge < -0.3 is 4.74 Å². The molecule has 1 aromatic heterocycles. The van der Waals surface area contributed by atoms with Gasteiger partial charge in [0.2, 0.25) is 11.1 Å². The van der Waals surface area contributed by atoms with Crippen LogP contribution in [-0.4, -0.2) is 22.8 Å². The van der Waals surface area contributed by atoms with E-state index in [0.717, 1.165) is 6.20 Å². The molecule has 0 bridgehead atoms. The van der Waals surface area contributed by atoms with Gasteiger partial charge in [-0.1, -0.05) is 0 Å². The van der Waals surface area contributed by atoms with E-state index in [1.165, 1.54) is 0 Å². The number of ether oxygens (including phenoxy) is 1. The van der Waals surface area contributed by atoms with E-state index in [9.17, 15) is 17.6 Å². The third-order valence-corrected chi connectivity index (χ3v) is 1.71. The van der Waals surface area contributed by atoms with Gasteiger partial charge in [-0.3, -0.25) is 0 Å². The maximum absolute atomic E-state index is 12.9. The standard InChI is InChI=1S/C8H7ClF4N2O/c9-7-14-4-5(10)6(15-7)16-3-1-2-8(11,12)13/h4H,1-3H2. The molecule has 0 fully saturated rings. The Morgan fingerprint density at radius 2 is 2.06 bits per heavy atom. The van der Waals surface area contributed by atoms with Gasteiger partial charge in [0.25, 0.3) is 5.88 Å². The van der Waals surface area contributed by atoms with Crippen LogP contribution in [0.5, 0.6) is 5.88 Å². The molecule has 16 heavy (non-hydrogen) atoms. The van der Waals surface area contributed by atoms with Gasteiger partial charge in [-0.25, -0.2) is 4.98 Å². The first kappa shape index (κ1) is 13.0. The van der Waals surface area contributed by atoms with Crippen LogP contribution < -0.4 is 4.74 Å². The minimum atomic E-state index is -4.24. The predicted molar refractivity (Wildman–Crippen MR) is 47.8 cm³/mol. The lowest BCUT2D eigenvalue weighted by Gasteiger charge is -2.07. The fraction of sp³-hybridized carbons (Fsp3) is 0.500. The summed E-state index contributed by atoms with van der Waals surface area (Å²) in [6.45, 7) is -0.288. The summed E-state index contributed by atoms with van der Waals surface area (Å²) >= 11 is 5.35. The highest BCUT2D eigenvalue weighted by Crippen LogP contribution is 2.21. The molecule has 0 aliphatic carbocycles. The molecule has 0 N–H and O–H groups in total. The van der Waals surface area contributed by atoms with E-state index in [1.807, 2.05) is 0 Å². The third kappa shape index (κ3) is 4.61. The molecule has 0 radical (unpaired) electrons. The second kappa shape index (κ2) is 5.29. The summed E-state index contributed by atoms with van der Waals surface area (Å²) in [5.74, 6) is -1.31. The molecule has 3 nitrogen and oxygen atoms in total. The summed E-state index contributed by atoms with van der Waals surface area (Å²) < 4.78 is 52.8. The molecule has 0 saturated carbocycles.